The van der Waals surface area contributed by atoms with Crippen LogP contribution in [0.2, 0.25) is 0 Å². The Morgan fingerprint density at radius 1 is 1.50 bits per heavy atom. The third kappa shape index (κ3) is 1.76. The third-order valence-corrected chi connectivity index (χ3v) is 1.97. The number of hydrogen-bond donors (Lipinski definition) is 0. The number of esters is 1. The molecule has 0 spiro atoms. The maximum Gasteiger partial charge on any atom is 0.307 e. The van der Waals surface area contributed by atoms with Gasteiger partial charge in [-0.2, -0.15) is 0 Å². The van der Waals surface area contributed by atoms with E-state index in [2.05, 4.69) is 0 Å². The van der Waals surface area contributed by atoms with Crippen LogP contribution in [-0.2, 0) is 14.3 Å². The first-order valence-electron chi connectivity index (χ1n) is 4.37. The zero-order valence-electron chi connectivity index (χ0n) is 7.82. The lowest BCUT2D eigenvalue weighted by Gasteiger charge is -2.15. The average Bonchev–Trinajstić information content (AvgIpc) is 2.17. The Morgan fingerprint density at radius 3 is 3.14 bits per heavy atom. The van der Waals surface area contributed by atoms with Gasteiger partial charge in [0.05, 0.1) is 12.5 Å². The van der Waals surface area contributed by atoms with E-state index in [0.29, 0.717) is 12.2 Å². The lowest BCUT2D eigenvalue weighted by Crippen LogP contribution is -2.04. The smallest absolute Gasteiger partial charge is 0.307 e. The number of rotatable bonds is 1. The molecule has 0 aromatic heterocycles. The van der Waals surface area contributed by atoms with Gasteiger partial charge in [0.25, 0.3) is 0 Å². The molecule has 0 saturated carbocycles. The summed E-state index contributed by atoms with van der Waals surface area (Å²) in [5, 5.41) is 0. The molecule has 0 saturated heterocycles. The number of carbonyl (C=O) groups is 1. The fourth-order valence-corrected chi connectivity index (χ4v) is 1.39. The maximum absolute atomic E-state index is 10.7. The number of hydrogen-bond acceptors (Lipinski definition) is 3. The molecule has 14 heavy (non-hydrogen) atoms. The van der Waals surface area contributed by atoms with Crippen molar-refractivity contribution in [3.8, 4) is 0 Å². The zero-order chi connectivity index (χ0) is 9.97. The van der Waals surface area contributed by atoms with Crippen molar-refractivity contribution in [3.63, 3.8) is 0 Å². The van der Waals surface area contributed by atoms with Crippen LogP contribution in [0.25, 0.3) is 0 Å². The molecular formula is C11H10O3. The minimum absolute atomic E-state index is 0.291. The van der Waals surface area contributed by atoms with Gasteiger partial charge >= 0.3 is 5.97 Å². The van der Waals surface area contributed by atoms with Crippen LogP contribution in [0.4, 0.5) is 0 Å². The molecule has 0 bridgehead atoms. The van der Waals surface area contributed by atoms with Crippen molar-refractivity contribution < 1.29 is 14.3 Å². The van der Waals surface area contributed by atoms with E-state index in [-0.39, 0.29) is 5.97 Å². The molecule has 0 N–H and O–H groups in total. The number of carbonyl (C=O) groups excluding carboxylic acids is 1. The fourth-order valence-electron chi connectivity index (χ4n) is 1.39. The second kappa shape index (κ2) is 3.54. The third-order valence-electron chi connectivity index (χ3n) is 1.97. The molecule has 3 nitrogen and oxygen atoms in total. The average molecular weight is 190 g/mol. The summed E-state index contributed by atoms with van der Waals surface area (Å²) in [5.74, 6) is 0.368. The zero-order valence-corrected chi connectivity index (χ0v) is 7.82. The van der Waals surface area contributed by atoms with Crippen LogP contribution in [0.1, 0.15) is 13.3 Å². The van der Waals surface area contributed by atoms with Crippen LogP contribution >= 0.6 is 0 Å². The monoisotopic (exact) mass is 190 g/mol. The Labute approximate surface area is 82.0 Å². The highest BCUT2D eigenvalue weighted by atomic mass is 16.5. The van der Waals surface area contributed by atoms with Crippen LogP contribution < -0.4 is 0 Å². The summed E-state index contributed by atoms with van der Waals surface area (Å²) >= 11 is 0. The molecule has 0 radical (unpaired) electrons. The summed E-state index contributed by atoms with van der Waals surface area (Å²) in [6.07, 6.45) is 9.62. The lowest BCUT2D eigenvalue weighted by molar-refractivity contribution is -0.136. The molecule has 0 fully saturated rings. The summed E-state index contributed by atoms with van der Waals surface area (Å²) < 4.78 is 10.0. The lowest BCUT2D eigenvalue weighted by atomic mass is 9.99. The van der Waals surface area contributed by atoms with Crippen molar-refractivity contribution in [3.05, 3.63) is 47.7 Å². The molecule has 2 rings (SSSR count). The van der Waals surface area contributed by atoms with E-state index in [9.17, 15) is 4.79 Å². The van der Waals surface area contributed by atoms with Crippen molar-refractivity contribution in [1.29, 1.82) is 0 Å². The standard InChI is InChI=1S/C11H10O3/c1-8(12)14-11-3-2-9-4-5-13-7-10(9)6-11/h2,4-7H,3H2,1H3. The number of allylic oxidation sites excluding steroid dienone is 5. The molecule has 0 unspecified atom stereocenters. The highest BCUT2D eigenvalue weighted by Crippen LogP contribution is 2.26. The van der Waals surface area contributed by atoms with Gasteiger partial charge in [-0.25, -0.2) is 0 Å². The highest BCUT2D eigenvalue weighted by molar-refractivity contribution is 5.68. The Morgan fingerprint density at radius 2 is 2.36 bits per heavy atom. The van der Waals surface area contributed by atoms with E-state index in [1.165, 1.54) is 6.92 Å². The van der Waals surface area contributed by atoms with Gasteiger partial charge in [0.2, 0.25) is 0 Å². The van der Waals surface area contributed by atoms with E-state index in [0.717, 1.165) is 11.1 Å². The second-order valence-corrected chi connectivity index (χ2v) is 3.08. The largest absolute Gasteiger partial charge is 0.472 e. The van der Waals surface area contributed by atoms with E-state index < -0.39 is 0 Å². The van der Waals surface area contributed by atoms with E-state index in [4.69, 9.17) is 9.47 Å². The highest BCUT2D eigenvalue weighted by Gasteiger charge is 2.13. The van der Waals surface area contributed by atoms with Gasteiger partial charge in [0, 0.05) is 18.9 Å². The molecule has 1 heterocycles. The molecule has 2 aliphatic rings. The van der Waals surface area contributed by atoms with E-state index in [1.54, 1.807) is 12.5 Å². The normalized spacial score (nSPS) is 18.5. The topological polar surface area (TPSA) is 35.5 Å². The Kier molecular flexibility index (Phi) is 2.23. The van der Waals surface area contributed by atoms with Crippen molar-refractivity contribution in [2.24, 2.45) is 0 Å². The summed E-state index contributed by atoms with van der Waals surface area (Å²) in [5.41, 5.74) is 2.04. The minimum Gasteiger partial charge on any atom is -0.472 e. The van der Waals surface area contributed by atoms with Crippen LogP contribution in [-0.4, -0.2) is 5.97 Å². The van der Waals surface area contributed by atoms with Crippen LogP contribution in [0.3, 0.4) is 0 Å². The Hall–Kier alpha value is -1.77. The molecule has 0 aromatic rings. The predicted molar refractivity (Wildman–Crippen MR) is 50.9 cm³/mol. The Bertz CT molecular complexity index is 383. The molecule has 0 aromatic carbocycles. The van der Waals surface area contributed by atoms with Gasteiger partial charge in [-0.15, -0.1) is 0 Å². The molecular weight excluding hydrogens is 180 g/mol. The molecule has 0 amide bonds. The molecule has 1 aliphatic heterocycles. The second-order valence-electron chi connectivity index (χ2n) is 3.08. The van der Waals surface area contributed by atoms with Crippen molar-refractivity contribution in [1.82, 2.24) is 0 Å². The van der Waals surface area contributed by atoms with E-state index in [1.807, 2.05) is 18.2 Å². The number of fused-ring (bicyclic) bond motifs is 1. The van der Waals surface area contributed by atoms with Gasteiger partial charge < -0.3 is 9.47 Å². The Balaban J connectivity index is 2.17. The number of ether oxygens (including phenoxy) is 2. The van der Waals surface area contributed by atoms with Gasteiger partial charge in [-0.1, -0.05) is 6.08 Å². The van der Waals surface area contributed by atoms with Gasteiger partial charge in [0.15, 0.2) is 0 Å². The van der Waals surface area contributed by atoms with Crippen molar-refractivity contribution >= 4 is 5.97 Å². The first-order chi connectivity index (χ1) is 6.75. The molecule has 0 atom stereocenters. The molecule has 1 aliphatic carbocycles. The summed E-state index contributed by atoms with van der Waals surface area (Å²) in [7, 11) is 0. The SMILES string of the molecule is CC(=O)OC1=CC2=COC=CC2=CC1. The van der Waals surface area contributed by atoms with Crippen LogP contribution in [0.15, 0.2) is 47.7 Å². The first-order valence-corrected chi connectivity index (χ1v) is 4.37. The van der Waals surface area contributed by atoms with Gasteiger partial charge in [0.1, 0.15) is 5.76 Å². The minimum atomic E-state index is -0.291. The quantitative estimate of drug-likeness (QED) is 0.594. The van der Waals surface area contributed by atoms with Crippen LogP contribution in [0.5, 0.6) is 0 Å². The van der Waals surface area contributed by atoms with Crippen molar-refractivity contribution in [2.45, 2.75) is 13.3 Å². The van der Waals surface area contributed by atoms with Crippen molar-refractivity contribution in [2.75, 3.05) is 0 Å². The molecule has 3 heteroatoms. The van der Waals surface area contributed by atoms with Gasteiger partial charge in [-0.05, 0) is 17.7 Å². The molecule has 72 valence electrons. The predicted octanol–water partition coefficient (Wildman–Crippen LogP) is 2.19. The summed E-state index contributed by atoms with van der Waals surface area (Å²) in [4.78, 5) is 10.7. The first kappa shape index (κ1) is 8.81. The van der Waals surface area contributed by atoms with Crippen LogP contribution in [0, 0.1) is 0 Å². The van der Waals surface area contributed by atoms with E-state index >= 15 is 0 Å². The fraction of sp³-hybridized carbons (Fsp3) is 0.182. The maximum atomic E-state index is 10.7. The summed E-state index contributed by atoms with van der Waals surface area (Å²) in [6, 6.07) is 0. The van der Waals surface area contributed by atoms with Gasteiger partial charge in [-0.3, -0.25) is 4.79 Å². The summed E-state index contributed by atoms with van der Waals surface area (Å²) in [6.45, 7) is 1.39.